The van der Waals surface area contributed by atoms with Crippen molar-refractivity contribution in [2.75, 3.05) is 26.7 Å². The maximum atomic E-state index is 5.86. The summed E-state index contributed by atoms with van der Waals surface area (Å²) in [6.45, 7) is 3.75. The highest BCUT2D eigenvalue weighted by molar-refractivity contribution is 14.0. The molecule has 8 heteroatoms. The fourth-order valence-corrected chi connectivity index (χ4v) is 2.14. The summed E-state index contributed by atoms with van der Waals surface area (Å²) in [4.78, 5) is 8.18. The van der Waals surface area contributed by atoms with Crippen molar-refractivity contribution < 1.29 is 9.47 Å². The molecule has 0 saturated heterocycles. The van der Waals surface area contributed by atoms with Crippen LogP contribution in [0.1, 0.15) is 6.92 Å². The zero-order valence-corrected chi connectivity index (χ0v) is 17.9. The van der Waals surface area contributed by atoms with Crippen LogP contribution in [0.15, 0.2) is 53.8 Å². The second-order valence-electron chi connectivity index (χ2n) is 5.30. The van der Waals surface area contributed by atoms with Gasteiger partial charge >= 0.3 is 0 Å². The number of ether oxygens (including phenoxy) is 2. The number of hydrogen-bond donors (Lipinski definition) is 2. The first-order chi connectivity index (χ1) is 12.2. The number of aromatic nitrogens is 1. The van der Waals surface area contributed by atoms with Crippen LogP contribution >= 0.6 is 35.6 Å². The molecule has 1 atom stereocenters. The van der Waals surface area contributed by atoms with Gasteiger partial charge in [0.2, 0.25) is 0 Å². The maximum absolute atomic E-state index is 5.86. The lowest BCUT2D eigenvalue weighted by Crippen LogP contribution is -2.43. The van der Waals surface area contributed by atoms with Crippen molar-refractivity contribution in [3.8, 4) is 11.5 Å². The molecule has 2 N–H and O–H groups in total. The van der Waals surface area contributed by atoms with Crippen LogP contribution in [0.25, 0.3) is 0 Å². The molecule has 0 spiro atoms. The Morgan fingerprint density at radius 2 is 1.96 bits per heavy atom. The van der Waals surface area contributed by atoms with Crippen LogP contribution in [0.2, 0.25) is 5.02 Å². The highest BCUT2D eigenvalue weighted by Crippen LogP contribution is 2.16. The van der Waals surface area contributed by atoms with Crippen molar-refractivity contribution in [2.24, 2.45) is 4.99 Å². The fourth-order valence-electron chi connectivity index (χ4n) is 2.02. The molecule has 0 fully saturated rings. The van der Waals surface area contributed by atoms with Crippen LogP contribution < -0.4 is 20.1 Å². The lowest BCUT2D eigenvalue weighted by Gasteiger charge is -2.18. The Balaban J connectivity index is 0.00000338. The number of rotatable bonds is 8. The van der Waals surface area contributed by atoms with Crippen molar-refractivity contribution in [3.05, 3.63) is 53.8 Å². The predicted molar refractivity (Wildman–Crippen MR) is 116 cm³/mol. The highest BCUT2D eigenvalue weighted by atomic mass is 127. The second-order valence-corrected chi connectivity index (χ2v) is 5.74. The van der Waals surface area contributed by atoms with Crippen LogP contribution in [0.4, 0.5) is 0 Å². The van der Waals surface area contributed by atoms with Crippen LogP contribution in [0, 0.1) is 0 Å². The molecular weight excluding hydrogens is 467 g/mol. The van der Waals surface area contributed by atoms with Gasteiger partial charge in [0.1, 0.15) is 24.2 Å². The molecule has 2 rings (SSSR count). The summed E-state index contributed by atoms with van der Waals surface area (Å²) in [7, 11) is 1.72. The van der Waals surface area contributed by atoms with E-state index in [1.54, 1.807) is 31.6 Å². The largest absolute Gasteiger partial charge is 0.490 e. The first kappa shape index (κ1) is 22.3. The summed E-state index contributed by atoms with van der Waals surface area (Å²) in [5.74, 6) is 2.23. The van der Waals surface area contributed by atoms with E-state index in [9.17, 15) is 0 Å². The molecule has 0 amide bonds. The average Bonchev–Trinajstić information content (AvgIpc) is 2.64. The van der Waals surface area contributed by atoms with E-state index in [2.05, 4.69) is 20.6 Å². The number of aliphatic imine (C=N–C) groups is 1. The third kappa shape index (κ3) is 8.57. The van der Waals surface area contributed by atoms with E-state index >= 15 is 0 Å². The first-order valence-electron chi connectivity index (χ1n) is 8.07. The van der Waals surface area contributed by atoms with E-state index in [-0.39, 0.29) is 30.1 Å². The van der Waals surface area contributed by atoms with Crippen molar-refractivity contribution in [3.63, 3.8) is 0 Å². The van der Waals surface area contributed by atoms with Gasteiger partial charge in [0.15, 0.2) is 5.96 Å². The van der Waals surface area contributed by atoms with Gasteiger partial charge in [0.25, 0.3) is 0 Å². The number of nitrogens with one attached hydrogen (secondary N) is 2. The smallest absolute Gasteiger partial charge is 0.191 e. The molecule has 0 bridgehead atoms. The Bertz CT molecular complexity index is 656. The third-order valence-electron chi connectivity index (χ3n) is 3.23. The van der Waals surface area contributed by atoms with Gasteiger partial charge in [-0.05, 0) is 43.3 Å². The van der Waals surface area contributed by atoms with E-state index in [1.165, 1.54) is 0 Å². The summed E-state index contributed by atoms with van der Waals surface area (Å²) in [6, 6.07) is 11.0. The van der Waals surface area contributed by atoms with Crippen molar-refractivity contribution >= 4 is 41.5 Å². The Labute approximate surface area is 176 Å². The summed E-state index contributed by atoms with van der Waals surface area (Å²) >= 11 is 5.86. The molecule has 0 aliphatic heterocycles. The Morgan fingerprint density at radius 1 is 1.19 bits per heavy atom. The van der Waals surface area contributed by atoms with E-state index in [0.29, 0.717) is 30.7 Å². The normalized spacial score (nSPS) is 11.9. The van der Waals surface area contributed by atoms with Gasteiger partial charge in [0.05, 0.1) is 19.3 Å². The fraction of sp³-hybridized carbons (Fsp3) is 0.333. The molecule has 1 aromatic heterocycles. The predicted octanol–water partition coefficient (Wildman–Crippen LogP) is 3.36. The zero-order chi connectivity index (χ0) is 17.9. The minimum atomic E-state index is -0.0219. The summed E-state index contributed by atoms with van der Waals surface area (Å²) in [5.41, 5.74) is 0. The van der Waals surface area contributed by atoms with E-state index in [1.807, 2.05) is 31.2 Å². The van der Waals surface area contributed by atoms with Gasteiger partial charge in [-0.3, -0.25) is 9.98 Å². The number of benzene rings is 1. The molecule has 2 aromatic rings. The zero-order valence-electron chi connectivity index (χ0n) is 14.8. The molecule has 1 aromatic carbocycles. The standard InChI is InChI=1S/C18H23ClN4O2.HI/c1-14(25-16-7-5-15(19)6-8-16)12-23-18(20-2)22-10-11-24-17-4-3-9-21-13-17;/h3-9,13-14H,10-12H2,1-2H3,(H2,20,22,23);1H. The third-order valence-corrected chi connectivity index (χ3v) is 3.48. The molecule has 1 unspecified atom stereocenters. The summed E-state index contributed by atoms with van der Waals surface area (Å²) < 4.78 is 11.4. The topological polar surface area (TPSA) is 67.8 Å². The molecule has 26 heavy (non-hydrogen) atoms. The van der Waals surface area contributed by atoms with Crippen LogP contribution in [-0.4, -0.2) is 43.8 Å². The Hall–Kier alpha value is -1.74. The number of nitrogens with zero attached hydrogens (tertiary/aromatic N) is 2. The van der Waals surface area contributed by atoms with Crippen LogP contribution in [0.5, 0.6) is 11.5 Å². The monoisotopic (exact) mass is 490 g/mol. The molecule has 0 aliphatic rings. The SMILES string of the molecule is CN=C(NCCOc1cccnc1)NCC(C)Oc1ccc(Cl)cc1.I. The number of hydrogen-bond acceptors (Lipinski definition) is 4. The highest BCUT2D eigenvalue weighted by Gasteiger charge is 2.06. The van der Waals surface area contributed by atoms with Gasteiger partial charge < -0.3 is 20.1 Å². The van der Waals surface area contributed by atoms with Gasteiger partial charge in [-0.2, -0.15) is 0 Å². The van der Waals surface area contributed by atoms with Crippen molar-refractivity contribution in [1.82, 2.24) is 15.6 Å². The van der Waals surface area contributed by atoms with Crippen molar-refractivity contribution in [2.45, 2.75) is 13.0 Å². The Morgan fingerprint density at radius 3 is 2.62 bits per heavy atom. The van der Waals surface area contributed by atoms with E-state index < -0.39 is 0 Å². The van der Waals surface area contributed by atoms with Crippen LogP contribution in [0.3, 0.4) is 0 Å². The van der Waals surface area contributed by atoms with E-state index in [0.717, 1.165) is 11.5 Å². The Kier molecular flexibility index (Phi) is 10.8. The molecule has 142 valence electrons. The molecule has 0 radical (unpaired) electrons. The van der Waals surface area contributed by atoms with Gasteiger partial charge in [-0.15, -0.1) is 24.0 Å². The maximum Gasteiger partial charge on any atom is 0.191 e. The number of pyridine rings is 1. The lowest BCUT2D eigenvalue weighted by atomic mass is 10.3. The van der Waals surface area contributed by atoms with Gasteiger partial charge in [-0.1, -0.05) is 11.6 Å². The quantitative estimate of drug-likeness (QED) is 0.257. The molecule has 1 heterocycles. The summed E-state index contributed by atoms with van der Waals surface area (Å²) in [5, 5.41) is 7.10. The minimum absolute atomic E-state index is 0. The average molecular weight is 491 g/mol. The molecule has 6 nitrogen and oxygen atoms in total. The first-order valence-corrected chi connectivity index (χ1v) is 8.44. The summed E-state index contributed by atoms with van der Waals surface area (Å²) in [6.07, 6.45) is 3.37. The van der Waals surface area contributed by atoms with Crippen molar-refractivity contribution in [1.29, 1.82) is 0 Å². The minimum Gasteiger partial charge on any atom is -0.490 e. The molecule has 0 saturated carbocycles. The molecular formula is C18H24ClIN4O2. The van der Waals surface area contributed by atoms with Gasteiger partial charge in [0, 0.05) is 18.3 Å². The second kappa shape index (κ2) is 12.6. The van der Waals surface area contributed by atoms with Crippen LogP contribution in [-0.2, 0) is 0 Å². The lowest BCUT2D eigenvalue weighted by molar-refractivity contribution is 0.223. The molecule has 0 aliphatic carbocycles. The van der Waals surface area contributed by atoms with E-state index in [4.69, 9.17) is 21.1 Å². The van der Waals surface area contributed by atoms with Gasteiger partial charge in [-0.25, -0.2) is 0 Å². The number of guanidine groups is 1. The number of halogens is 2.